The predicted molar refractivity (Wildman–Crippen MR) is 132 cm³/mol. The SMILES string of the molecule is CCNC(=O)Nc1nc2c(F)c(-c3ccc(N4CCOCC4)nc3)cc(-c3ccccn3)c2s1. The maximum Gasteiger partial charge on any atom is 0.321 e. The first-order valence-electron chi connectivity index (χ1n) is 11.0. The molecule has 0 unspecified atom stereocenters. The number of hydrogen-bond donors (Lipinski definition) is 2. The molecule has 174 valence electrons. The van der Waals surface area contributed by atoms with Gasteiger partial charge in [0.25, 0.3) is 0 Å². The van der Waals surface area contributed by atoms with E-state index in [4.69, 9.17) is 4.74 Å². The van der Waals surface area contributed by atoms with Gasteiger partial charge in [0, 0.05) is 48.7 Å². The van der Waals surface area contributed by atoms with Crippen LogP contribution in [0.4, 0.5) is 20.1 Å². The Morgan fingerprint density at radius 2 is 2.03 bits per heavy atom. The Balaban J connectivity index is 1.59. The van der Waals surface area contributed by atoms with Crippen molar-refractivity contribution in [2.24, 2.45) is 0 Å². The van der Waals surface area contributed by atoms with Crippen molar-refractivity contribution in [3.8, 4) is 22.4 Å². The summed E-state index contributed by atoms with van der Waals surface area (Å²) < 4.78 is 21.8. The molecule has 3 aromatic heterocycles. The van der Waals surface area contributed by atoms with Crippen LogP contribution in [0.2, 0.25) is 0 Å². The fraction of sp³-hybridized carbons (Fsp3) is 0.250. The fourth-order valence-electron chi connectivity index (χ4n) is 3.85. The number of pyridine rings is 2. The highest BCUT2D eigenvalue weighted by atomic mass is 32.1. The standard InChI is InChI=1S/C24H23FN6O2S/c1-2-26-23(32)30-24-29-21-20(25)16(13-17(22(21)34-24)18-5-3-4-8-27-18)15-6-7-19(28-14-15)31-9-11-33-12-10-31/h3-8,13-14H,2,9-12H2,1H3,(H2,26,29,30,32). The molecule has 4 aromatic rings. The average molecular weight is 479 g/mol. The number of nitrogens with zero attached hydrogens (tertiary/aromatic N) is 4. The van der Waals surface area contributed by atoms with Gasteiger partial charge in [-0.05, 0) is 37.3 Å². The summed E-state index contributed by atoms with van der Waals surface area (Å²) in [6.45, 7) is 5.17. The molecule has 1 saturated heterocycles. The van der Waals surface area contributed by atoms with E-state index in [1.54, 1.807) is 18.5 Å². The van der Waals surface area contributed by atoms with Crippen molar-refractivity contribution in [1.29, 1.82) is 0 Å². The van der Waals surface area contributed by atoms with Crippen LogP contribution in [0.3, 0.4) is 0 Å². The Morgan fingerprint density at radius 3 is 2.74 bits per heavy atom. The number of ether oxygens (including phenoxy) is 1. The number of amides is 2. The summed E-state index contributed by atoms with van der Waals surface area (Å²) in [7, 11) is 0. The smallest absolute Gasteiger partial charge is 0.321 e. The zero-order valence-electron chi connectivity index (χ0n) is 18.5. The van der Waals surface area contributed by atoms with E-state index in [0.29, 0.717) is 46.4 Å². The molecule has 8 nitrogen and oxygen atoms in total. The summed E-state index contributed by atoms with van der Waals surface area (Å²) in [5.41, 5.74) is 2.64. The molecule has 0 saturated carbocycles. The van der Waals surface area contributed by atoms with Gasteiger partial charge in [-0.1, -0.05) is 17.4 Å². The topological polar surface area (TPSA) is 92.3 Å². The van der Waals surface area contributed by atoms with Crippen LogP contribution in [0.25, 0.3) is 32.6 Å². The van der Waals surface area contributed by atoms with E-state index in [1.165, 1.54) is 11.3 Å². The van der Waals surface area contributed by atoms with Gasteiger partial charge in [-0.3, -0.25) is 10.3 Å². The highest BCUT2D eigenvalue weighted by molar-refractivity contribution is 7.22. The third kappa shape index (κ3) is 4.42. The molecular formula is C24H23FN6O2S. The highest BCUT2D eigenvalue weighted by Crippen LogP contribution is 2.40. The van der Waals surface area contributed by atoms with Crippen LogP contribution in [0.5, 0.6) is 0 Å². The summed E-state index contributed by atoms with van der Waals surface area (Å²) in [6.07, 6.45) is 3.37. The number of morpholine rings is 1. The van der Waals surface area contributed by atoms with Crippen LogP contribution in [0.1, 0.15) is 6.92 Å². The Kier molecular flexibility index (Phi) is 6.33. The normalized spacial score (nSPS) is 13.8. The van der Waals surface area contributed by atoms with Crippen LogP contribution in [0, 0.1) is 5.82 Å². The Morgan fingerprint density at radius 1 is 1.18 bits per heavy atom. The van der Waals surface area contributed by atoms with Gasteiger partial charge in [-0.2, -0.15) is 0 Å². The lowest BCUT2D eigenvalue weighted by Gasteiger charge is -2.27. The number of benzene rings is 1. The third-order valence-electron chi connectivity index (χ3n) is 5.50. The second-order valence-corrected chi connectivity index (χ2v) is 8.69. The van der Waals surface area contributed by atoms with E-state index in [1.807, 2.05) is 37.3 Å². The summed E-state index contributed by atoms with van der Waals surface area (Å²) in [5, 5.41) is 5.66. The van der Waals surface area contributed by atoms with E-state index in [-0.39, 0.29) is 11.5 Å². The van der Waals surface area contributed by atoms with E-state index in [9.17, 15) is 4.79 Å². The van der Waals surface area contributed by atoms with E-state index < -0.39 is 5.82 Å². The number of carbonyl (C=O) groups is 1. The van der Waals surface area contributed by atoms with Crippen molar-refractivity contribution in [1.82, 2.24) is 20.3 Å². The van der Waals surface area contributed by atoms with Crippen LogP contribution < -0.4 is 15.5 Å². The number of fused-ring (bicyclic) bond motifs is 1. The van der Waals surface area contributed by atoms with Crippen molar-refractivity contribution < 1.29 is 13.9 Å². The van der Waals surface area contributed by atoms with Gasteiger partial charge >= 0.3 is 6.03 Å². The number of anilines is 2. The largest absolute Gasteiger partial charge is 0.378 e. The summed E-state index contributed by atoms with van der Waals surface area (Å²) in [5.74, 6) is 0.372. The minimum Gasteiger partial charge on any atom is -0.378 e. The number of hydrogen-bond acceptors (Lipinski definition) is 7. The van der Waals surface area contributed by atoms with Crippen LogP contribution in [-0.2, 0) is 4.74 Å². The van der Waals surface area contributed by atoms with Crippen LogP contribution in [0.15, 0.2) is 48.8 Å². The predicted octanol–water partition coefficient (Wildman–Crippen LogP) is 4.54. The molecule has 1 aromatic carbocycles. The van der Waals surface area contributed by atoms with Gasteiger partial charge < -0.3 is 15.0 Å². The molecule has 0 spiro atoms. The molecule has 0 bridgehead atoms. The minimum atomic E-state index is -0.462. The van der Waals surface area contributed by atoms with Crippen molar-refractivity contribution >= 4 is 38.5 Å². The van der Waals surface area contributed by atoms with Gasteiger partial charge in [-0.15, -0.1) is 0 Å². The molecule has 2 amide bonds. The molecule has 1 aliphatic rings. The molecule has 1 fully saturated rings. The Labute approximate surface area is 199 Å². The van der Waals surface area contributed by atoms with Gasteiger partial charge in [0.2, 0.25) is 0 Å². The highest BCUT2D eigenvalue weighted by Gasteiger charge is 2.21. The van der Waals surface area contributed by atoms with E-state index in [2.05, 4.69) is 30.5 Å². The van der Waals surface area contributed by atoms with Crippen molar-refractivity contribution in [3.05, 3.63) is 54.6 Å². The second-order valence-electron chi connectivity index (χ2n) is 7.69. The summed E-state index contributed by atoms with van der Waals surface area (Å²) in [4.78, 5) is 27.6. The molecule has 0 radical (unpaired) electrons. The zero-order chi connectivity index (χ0) is 23.5. The first kappa shape index (κ1) is 22.2. The molecule has 34 heavy (non-hydrogen) atoms. The molecular weight excluding hydrogens is 455 g/mol. The number of aromatic nitrogens is 3. The lowest BCUT2D eigenvalue weighted by atomic mass is 10.0. The third-order valence-corrected chi connectivity index (χ3v) is 6.50. The number of carbonyl (C=O) groups excluding carboxylic acids is 1. The number of nitrogens with one attached hydrogen (secondary N) is 2. The lowest BCUT2D eigenvalue weighted by molar-refractivity contribution is 0.122. The lowest BCUT2D eigenvalue weighted by Crippen LogP contribution is -2.36. The molecule has 0 atom stereocenters. The molecule has 2 N–H and O–H groups in total. The maximum atomic E-state index is 15.7. The van der Waals surface area contributed by atoms with Crippen LogP contribution in [-0.4, -0.2) is 53.8 Å². The number of rotatable bonds is 5. The van der Waals surface area contributed by atoms with Crippen molar-refractivity contribution in [3.63, 3.8) is 0 Å². The fourth-order valence-corrected chi connectivity index (χ4v) is 4.83. The molecule has 4 heterocycles. The van der Waals surface area contributed by atoms with Gasteiger partial charge in [0.05, 0.1) is 23.6 Å². The maximum absolute atomic E-state index is 15.7. The van der Waals surface area contributed by atoms with E-state index >= 15 is 4.39 Å². The van der Waals surface area contributed by atoms with Gasteiger partial charge in [0.15, 0.2) is 10.9 Å². The van der Waals surface area contributed by atoms with Crippen molar-refractivity contribution in [2.45, 2.75) is 6.92 Å². The minimum absolute atomic E-state index is 0.187. The quantitative estimate of drug-likeness (QED) is 0.438. The second kappa shape index (κ2) is 9.70. The Hall–Kier alpha value is -3.63. The monoisotopic (exact) mass is 478 g/mol. The number of thiazole rings is 1. The average Bonchev–Trinajstić information content (AvgIpc) is 3.30. The Bertz CT molecular complexity index is 1310. The molecule has 5 rings (SSSR count). The first-order valence-corrected chi connectivity index (χ1v) is 11.8. The molecule has 0 aliphatic carbocycles. The summed E-state index contributed by atoms with van der Waals surface area (Å²) >= 11 is 1.22. The van der Waals surface area contributed by atoms with Crippen molar-refractivity contribution in [2.75, 3.05) is 43.1 Å². The first-order chi connectivity index (χ1) is 16.6. The molecule has 1 aliphatic heterocycles. The summed E-state index contributed by atoms with van der Waals surface area (Å²) in [6, 6.07) is 10.7. The van der Waals surface area contributed by atoms with Gasteiger partial charge in [0.1, 0.15) is 11.3 Å². The number of halogens is 1. The van der Waals surface area contributed by atoms with Gasteiger partial charge in [-0.25, -0.2) is 19.2 Å². The number of urea groups is 1. The zero-order valence-corrected chi connectivity index (χ0v) is 19.4. The molecule has 10 heteroatoms. The van der Waals surface area contributed by atoms with Crippen LogP contribution >= 0.6 is 11.3 Å². The van der Waals surface area contributed by atoms with E-state index in [0.717, 1.165) is 24.5 Å².